The lowest BCUT2D eigenvalue weighted by atomic mass is 10.0. The summed E-state index contributed by atoms with van der Waals surface area (Å²) in [4.78, 5) is 54.4. The predicted molar refractivity (Wildman–Crippen MR) is 143 cm³/mol. The summed E-state index contributed by atoms with van der Waals surface area (Å²) in [5.74, 6) is 0.115. The molecule has 9 nitrogen and oxygen atoms in total. The molecule has 4 aromatic rings. The van der Waals surface area contributed by atoms with E-state index < -0.39 is 11.9 Å². The third kappa shape index (κ3) is 5.41. The molecule has 1 N–H and O–H groups in total. The Morgan fingerprint density at radius 1 is 1.16 bits per heavy atom. The van der Waals surface area contributed by atoms with E-state index in [2.05, 4.69) is 20.3 Å². The van der Waals surface area contributed by atoms with E-state index in [1.165, 1.54) is 24.6 Å². The Morgan fingerprint density at radius 2 is 2.03 bits per heavy atom. The molecule has 1 aromatic carbocycles. The first-order chi connectivity index (χ1) is 18.4. The molecule has 0 radical (unpaired) electrons. The Hall–Kier alpha value is -4.15. The SMILES string of the molecule is COc1ccc(NC(=O)c2ccc(CN3C(=O)c4scnc4CC(=O)C3Cc3ccccn3)cc2Cl)nc1. The molecule has 0 bridgehead atoms. The van der Waals surface area contributed by atoms with Crippen molar-refractivity contribution in [3.8, 4) is 5.75 Å². The first-order valence-electron chi connectivity index (χ1n) is 11.7. The molecule has 1 atom stereocenters. The summed E-state index contributed by atoms with van der Waals surface area (Å²) in [5, 5.41) is 2.91. The Balaban J connectivity index is 1.39. The highest BCUT2D eigenvalue weighted by Crippen LogP contribution is 2.28. The minimum atomic E-state index is -0.721. The van der Waals surface area contributed by atoms with Crippen molar-refractivity contribution in [2.45, 2.75) is 25.4 Å². The number of methoxy groups -OCH3 is 1. The first kappa shape index (κ1) is 25.5. The highest BCUT2D eigenvalue weighted by Gasteiger charge is 2.37. The standard InChI is InChI=1S/C27H22ClN5O4S/c1-37-18-6-8-24(30-13-18)32-26(35)19-7-5-16(10-20(19)28)14-33-22(11-17-4-2-3-9-29-17)23(34)12-21-25(27(33)36)38-15-31-21/h2-10,13,15,22H,11-12,14H2,1H3,(H,30,32,35). The molecule has 5 rings (SSSR count). The lowest BCUT2D eigenvalue weighted by Crippen LogP contribution is -2.44. The van der Waals surface area contributed by atoms with Gasteiger partial charge in [-0.05, 0) is 42.0 Å². The monoisotopic (exact) mass is 547 g/mol. The van der Waals surface area contributed by atoms with Gasteiger partial charge in [0.25, 0.3) is 11.8 Å². The van der Waals surface area contributed by atoms with Crippen LogP contribution in [0, 0.1) is 0 Å². The fourth-order valence-corrected chi connectivity index (χ4v) is 5.27. The molecule has 1 aliphatic heterocycles. The van der Waals surface area contributed by atoms with Crippen molar-refractivity contribution < 1.29 is 19.1 Å². The van der Waals surface area contributed by atoms with E-state index in [1.807, 2.05) is 12.1 Å². The number of anilines is 1. The number of carbonyl (C=O) groups excluding carboxylic acids is 3. The summed E-state index contributed by atoms with van der Waals surface area (Å²) in [6.45, 7) is 0.126. The molecule has 0 fully saturated rings. The molecule has 0 saturated carbocycles. The highest BCUT2D eigenvalue weighted by atomic mass is 35.5. The van der Waals surface area contributed by atoms with E-state index >= 15 is 0 Å². The third-order valence-corrected chi connectivity index (χ3v) is 7.33. The van der Waals surface area contributed by atoms with Crippen molar-refractivity contribution in [3.63, 3.8) is 0 Å². The van der Waals surface area contributed by atoms with E-state index in [9.17, 15) is 14.4 Å². The Morgan fingerprint density at radius 3 is 2.74 bits per heavy atom. The van der Waals surface area contributed by atoms with Crippen molar-refractivity contribution in [2.75, 3.05) is 12.4 Å². The van der Waals surface area contributed by atoms with E-state index in [0.717, 1.165) is 0 Å². The lowest BCUT2D eigenvalue weighted by molar-refractivity contribution is -0.122. The molecule has 1 unspecified atom stereocenters. The smallest absolute Gasteiger partial charge is 0.266 e. The molecule has 1 aliphatic rings. The first-order valence-corrected chi connectivity index (χ1v) is 12.9. The van der Waals surface area contributed by atoms with Crippen molar-refractivity contribution in [2.24, 2.45) is 0 Å². The zero-order chi connectivity index (χ0) is 26.6. The van der Waals surface area contributed by atoms with E-state index in [0.29, 0.717) is 33.4 Å². The number of fused-ring (bicyclic) bond motifs is 1. The maximum absolute atomic E-state index is 13.6. The van der Waals surface area contributed by atoms with Gasteiger partial charge in [0.2, 0.25) is 0 Å². The van der Waals surface area contributed by atoms with E-state index in [-0.39, 0.29) is 41.7 Å². The van der Waals surface area contributed by atoms with E-state index in [4.69, 9.17) is 16.3 Å². The summed E-state index contributed by atoms with van der Waals surface area (Å²) in [6.07, 6.45) is 3.52. The second kappa shape index (κ2) is 11.1. The molecule has 4 heterocycles. The largest absolute Gasteiger partial charge is 0.495 e. The predicted octanol–water partition coefficient (Wildman–Crippen LogP) is 4.23. The van der Waals surface area contributed by atoms with Gasteiger partial charge in [0.15, 0.2) is 5.78 Å². The van der Waals surface area contributed by atoms with Crippen LogP contribution in [0.5, 0.6) is 5.75 Å². The fraction of sp³-hybridized carbons (Fsp3) is 0.185. The van der Waals surface area contributed by atoms with Crippen LogP contribution in [-0.2, 0) is 24.2 Å². The second-order valence-electron chi connectivity index (χ2n) is 8.60. The number of nitrogens with zero attached hydrogens (tertiary/aromatic N) is 4. The number of nitrogens with one attached hydrogen (secondary N) is 1. The molecule has 0 saturated heterocycles. The minimum absolute atomic E-state index is 0.0812. The number of pyridine rings is 2. The van der Waals surface area contributed by atoms with E-state index in [1.54, 1.807) is 53.0 Å². The molecule has 2 amide bonds. The molecule has 3 aromatic heterocycles. The zero-order valence-electron chi connectivity index (χ0n) is 20.3. The Kier molecular flexibility index (Phi) is 7.43. The lowest BCUT2D eigenvalue weighted by Gasteiger charge is -2.29. The van der Waals surface area contributed by atoms with Gasteiger partial charge in [0.1, 0.15) is 16.4 Å². The van der Waals surface area contributed by atoms with Crippen molar-refractivity contribution in [1.82, 2.24) is 19.9 Å². The van der Waals surface area contributed by atoms with Crippen LogP contribution < -0.4 is 10.1 Å². The normalized spacial score (nSPS) is 15.1. The number of thiazole rings is 1. The molecule has 0 aliphatic carbocycles. The maximum atomic E-state index is 13.6. The quantitative estimate of drug-likeness (QED) is 0.368. The summed E-state index contributed by atoms with van der Waals surface area (Å²) < 4.78 is 5.08. The fourth-order valence-electron chi connectivity index (χ4n) is 4.22. The Bertz CT molecular complexity index is 1490. The Labute approximate surface area is 227 Å². The molecule has 0 spiro atoms. The van der Waals surface area contributed by atoms with Crippen molar-refractivity contribution >= 4 is 46.4 Å². The average molecular weight is 548 g/mol. The number of rotatable bonds is 7. The maximum Gasteiger partial charge on any atom is 0.266 e. The summed E-state index contributed by atoms with van der Waals surface area (Å²) in [5.41, 5.74) is 3.71. The van der Waals surface area contributed by atoms with Crippen molar-refractivity contribution in [1.29, 1.82) is 0 Å². The van der Waals surface area contributed by atoms with Gasteiger partial charge >= 0.3 is 0 Å². The van der Waals surface area contributed by atoms with Gasteiger partial charge in [-0.3, -0.25) is 19.4 Å². The number of halogens is 1. The molecular formula is C27H22ClN5O4S. The molecule has 192 valence electrons. The van der Waals surface area contributed by atoms with Gasteiger partial charge in [-0.1, -0.05) is 23.7 Å². The highest BCUT2D eigenvalue weighted by molar-refractivity contribution is 7.11. The summed E-state index contributed by atoms with van der Waals surface area (Å²) in [7, 11) is 1.53. The number of carbonyl (C=O) groups is 3. The van der Waals surface area contributed by atoms with Gasteiger partial charge in [0, 0.05) is 24.9 Å². The van der Waals surface area contributed by atoms with Crippen LogP contribution in [-0.4, -0.2) is 50.6 Å². The van der Waals surface area contributed by atoms with Gasteiger partial charge in [-0.15, -0.1) is 11.3 Å². The molecule has 11 heteroatoms. The van der Waals surface area contributed by atoms with Crippen LogP contribution in [0.1, 0.15) is 37.0 Å². The van der Waals surface area contributed by atoms with Gasteiger partial charge in [-0.2, -0.15) is 0 Å². The molecular weight excluding hydrogens is 526 g/mol. The number of aromatic nitrogens is 3. The second-order valence-corrected chi connectivity index (χ2v) is 9.86. The zero-order valence-corrected chi connectivity index (χ0v) is 21.8. The summed E-state index contributed by atoms with van der Waals surface area (Å²) >= 11 is 7.71. The van der Waals surface area contributed by atoms with Crippen molar-refractivity contribution in [3.05, 3.63) is 98.8 Å². The minimum Gasteiger partial charge on any atom is -0.495 e. The van der Waals surface area contributed by atoms with Crippen LogP contribution in [0.4, 0.5) is 5.82 Å². The van der Waals surface area contributed by atoms with Crippen LogP contribution in [0.25, 0.3) is 0 Å². The van der Waals surface area contributed by atoms with Crippen LogP contribution >= 0.6 is 22.9 Å². The number of hydrogen-bond acceptors (Lipinski definition) is 8. The van der Waals surface area contributed by atoms with Crippen LogP contribution in [0.2, 0.25) is 5.02 Å². The van der Waals surface area contributed by atoms with Crippen LogP contribution in [0.3, 0.4) is 0 Å². The topological polar surface area (TPSA) is 114 Å². The van der Waals surface area contributed by atoms with Gasteiger partial charge in [-0.25, -0.2) is 9.97 Å². The number of ketones is 1. The number of Topliss-reactive ketones (excluding diaryl/α,β-unsaturated/α-hetero) is 1. The number of ether oxygens (including phenoxy) is 1. The number of amides is 2. The summed E-state index contributed by atoms with van der Waals surface area (Å²) in [6, 6.07) is 13.0. The third-order valence-electron chi connectivity index (χ3n) is 6.16. The van der Waals surface area contributed by atoms with Crippen LogP contribution in [0.15, 0.2) is 66.4 Å². The number of hydrogen-bond donors (Lipinski definition) is 1. The average Bonchev–Trinajstić information content (AvgIpc) is 3.36. The molecule has 38 heavy (non-hydrogen) atoms. The number of benzene rings is 1. The van der Waals surface area contributed by atoms with Gasteiger partial charge in [0.05, 0.1) is 47.6 Å². The van der Waals surface area contributed by atoms with Gasteiger partial charge < -0.3 is 15.0 Å².